The van der Waals surface area contributed by atoms with E-state index in [9.17, 15) is 0 Å². The summed E-state index contributed by atoms with van der Waals surface area (Å²) in [7, 11) is 2.06. The van der Waals surface area contributed by atoms with Crippen LogP contribution in [0.3, 0.4) is 0 Å². The number of hydrogen-bond acceptors (Lipinski definition) is 2. The van der Waals surface area contributed by atoms with Crippen LogP contribution in [-0.4, -0.2) is 22.9 Å². The smallest absolute Gasteiger partial charge is 0.130 e. The molecule has 2 heterocycles. The van der Waals surface area contributed by atoms with E-state index in [1.54, 1.807) is 0 Å². The van der Waals surface area contributed by atoms with Gasteiger partial charge in [0.05, 0.1) is 5.69 Å². The van der Waals surface area contributed by atoms with Gasteiger partial charge < -0.3 is 4.90 Å². The molecule has 1 aromatic rings. The molecule has 1 fully saturated rings. The summed E-state index contributed by atoms with van der Waals surface area (Å²) in [5.74, 6) is 1.31. The lowest BCUT2D eigenvalue weighted by Crippen LogP contribution is -2.39. The van der Waals surface area contributed by atoms with E-state index >= 15 is 0 Å². The molecular formula is C14H24BrN3. The van der Waals surface area contributed by atoms with Crippen LogP contribution < -0.4 is 4.90 Å². The Labute approximate surface area is 119 Å². The highest BCUT2D eigenvalue weighted by atomic mass is 79.9. The number of piperidine rings is 1. The van der Waals surface area contributed by atoms with Crippen molar-refractivity contribution in [1.29, 1.82) is 0 Å². The van der Waals surface area contributed by atoms with Gasteiger partial charge in [0.1, 0.15) is 5.82 Å². The molecule has 0 aromatic carbocycles. The van der Waals surface area contributed by atoms with Gasteiger partial charge in [0.15, 0.2) is 0 Å². The van der Waals surface area contributed by atoms with E-state index in [2.05, 4.69) is 53.7 Å². The Morgan fingerprint density at radius 1 is 1.33 bits per heavy atom. The average molecular weight is 314 g/mol. The van der Waals surface area contributed by atoms with Crippen molar-refractivity contribution in [2.75, 3.05) is 18.0 Å². The largest absolute Gasteiger partial charge is 0.357 e. The second-order valence-electron chi connectivity index (χ2n) is 5.80. The summed E-state index contributed by atoms with van der Waals surface area (Å²) in [4.78, 5) is 2.51. The van der Waals surface area contributed by atoms with Crippen LogP contribution in [0.4, 0.5) is 5.82 Å². The highest BCUT2D eigenvalue weighted by Crippen LogP contribution is 2.37. The predicted octanol–water partition coefficient (Wildman–Crippen LogP) is 3.64. The first-order chi connectivity index (χ1) is 8.50. The van der Waals surface area contributed by atoms with Crippen LogP contribution in [0.25, 0.3) is 0 Å². The van der Waals surface area contributed by atoms with E-state index in [4.69, 9.17) is 0 Å². The number of anilines is 1. The van der Waals surface area contributed by atoms with Crippen molar-refractivity contribution in [2.45, 2.75) is 45.4 Å². The summed E-state index contributed by atoms with van der Waals surface area (Å²) in [5.41, 5.74) is 3.03. The van der Waals surface area contributed by atoms with E-state index in [0.29, 0.717) is 5.41 Å². The van der Waals surface area contributed by atoms with E-state index in [1.165, 1.54) is 30.6 Å². The number of aromatic nitrogens is 2. The van der Waals surface area contributed by atoms with Crippen LogP contribution in [0.15, 0.2) is 0 Å². The Balaban J connectivity index is 2.19. The second-order valence-corrected chi connectivity index (χ2v) is 6.36. The number of hydrogen-bond donors (Lipinski definition) is 0. The Morgan fingerprint density at radius 2 is 1.94 bits per heavy atom. The monoisotopic (exact) mass is 313 g/mol. The van der Waals surface area contributed by atoms with Gasteiger partial charge in [0.25, 0.3) is 0 Å². The third kappa shape index (κ3) is 2.44. The summed E-state index contributed by atoms with van der Waals surface area (Å²) < 4.78 is 2.04. The van der Waals surface area contributed by atoms with Crippen molar-refractivity contribution in [1.82, 2.24) is 9.78 Å². The van der Waals surface area contributed by atoms with Gasteiger partial charge in [-0.1, -0.05) is 36.2 Å². The molecule has 0 unspecified atom stereocenters. The lowest BCUT2D eigenvalue weighted by Gasteiger charge is -2.40. The molecule has 18 heavy (non-hydrogen) atoms. The Kier molecular flexibility index (Phi) is 4.05. The molecule has 0 atom stereocenters. The van der Waals surface area contributed by atoms with E-state index in [1.807, 2.05) is 4.68 Å². The zero-order valence-corrected chi connectivity index (χ0v) is 13.5. The lowest BCUT2D eigenvalue weighted by atomic mass is 9.78. The number of rotatable bonds is 3. The van der Waals surface area contributed by atoms with Gasteiger partial charge in [-0.2, -0.15) is 5.10 Å². The third-order valence-corrected chi connectivity index (χ3v) is 5.13. The first kappa shape index (κ1) is 13.9. The quantitative estimate of drug-likeness (QED) is 0.794. The summed E-state index contributed by atoms with van der Waals surface area (Å²) in [5, 5.41) is 5.45. The Morgan fingerprint density at radius 3 is 2.44 bits per heavy atom. The molecule has 0 amide bonds. The highest BCUT2D eigenvalue weighted by Gasteiger charge is 2.30. The van der Waals surface area contributed by atoms with Crippen LogP contribution in [0.5, 0.6) is 0 Å². The van der Waals surface area contributed by atoms with E-state index in [-0.39, 0.29) is 0 Å². The average Bonchev–Trinajstić information content (AvgIpc) is 2.65. The molecule has 4 heteroatoms. The minimum absolute atomic E-state index is 0.540. The minimum atomic E-state index is 0.540. The molecule has 0 spiro atoms. The van der Waals surface area contributed by atoms with Gasteiger partial charge in [-0.25, -0.2) is 0 Å². The molecule has 1 aromatic heterocycles. The van der Waals surface area contributed by atoms with Crippen molar-refractivity contribution in [3.8, 4) is 0 Å². The maximum Gasteiger partial charge on any atom is 0.130 e. The van der Waals surface area contributed by atoms with Gasteiger partial charge in [0.2, 0.25) is 0 Å². The van der Waals surface area contributed by atoms with Crippen molar-refractivity contribution >= 4 is 21.7 Å². The molecule has 0 aliphatic carbocycles. The summed E-state index contributed by atoms with van der Waals surface area (Å²) in [6, 6.07) is 0. The topological polar surface area (TPSA) is 21.1 Å². The first-order valence-corrected chi connectivity index (χ1v) is 7.96. The van der Waals surface area contributed by atoms with Crippen LogP contribution in [0, 0.1) is 12.3 Å². The van der Waals surface area contributed by atoms with Crippen molar-refractivity contribution in [2.24, 2.45) is 12.5 Å². The molecule has 0 N–H and O–H groups in total. The molecule has 0 saturated carbocycles. The molecule has 1 saturated heterocycles. The van der Waals surface area contributed by atoms with Crippen LogP contribution in [0.1, 0.15) is 44.4 Å². The number of nitrogens with zero attached hydrogens (tertiary/aromatic N) is 3. The third-order valence-electron chi connectivity index (χ3n) is 4.57. The standard InChI is InChI=1S/C14H24BrN3/c1-5-14(3)6-8-18(9-7-14)13-12(10-15)11(2)16-17(13)4/h5-10H2,1-4H3. The summed E-state index contributed by atoms with van der Waals surface area (Å²) >= 11 is 3.60. The van der Waals surface area contributed by atoms with Crippen molar-refractivity contribution in [3.63, 3.8) is 0 Å². The molecule has 3 nitrogen and oxygen atoms in total. The zero-order valence-electron chi connectivity index (χ0n) is 12.0. The van der Waals surface area contributed by atoms with E-state index in [0.717, 1.165) is 24.1 Å². The first-order valence-electron chi connectivity index (χ1n) is 6.84. The maximum atomic E-state index is 4.56. The number of halogens is 1. The molecule has 2 rings (SSSR count). The minimum Gasteiger partial charge on any atom is -0.357 e. The molecule has 1 aliphatic rings. The van der Waals surface area contributed by atoms with Crippen molar-refractivity contribution < 1.29 is 0 Å². The Bertz CT molecular complexity index is 417. The van der Waals surface area contributed by atoms with Crippen LogP contribution in [-0.2, 0) is 12.4 Å². The second kappa shape index (κ2) is 5.24. The van der Waals surface area contributed by atoms with Crippen LogP contribution in [0.2, 0.25) is 0 Å². The number of alkyl halides is 1. The lowest BCUT2D eigenvalue weighted by molar-refractivity contribution is 0.237. The molecular weight excluding hydrogens is 290 g/mol. The summed E-state index contributed by atoms with van der Waals surface area (Å²) in [6.07, 6.45) is 3.86. The van der Waals surface area contributed by atoms with Crippen molar-refractivity contribution in [3.05, 3.63) is 11.3 Å². The molecule has 0 radical (unpaired) electrons. The molecule has 102 valence electrons. The van der Waals surface area contributed by atoms with Gasteiger partial charge in [-0.3, -0.25) is 4.68 Å². The normalized spacial score (nSPS) is 19.3. The van der Waals surface area contributed by atoms with Gasteiger partial charge in [-0.15, -0.1) is 0 Å². The van der Waals surface area contributed by atoms with Crippen LogP contribution >= 0.6 is 15.9 Å². The van der Waals surface area contributed by atoms with Gasteiger partial charge in [-0.05, 0) is 25.2 Å². The number of aryl methyl sites for hydroxylation is 2. The predicted molar refractivity (Wildman–Crippen MR) is 80.4 cm³/mol. The molecule has 0 bridgehead atoms. The van der Waals surface area contributed by atoms with Gasteiger partial charge >= 0.3 is 0 Å². The fraction of sp³-hybridized carbons (Fsp3) is 0.786. The fourth-order valence-electron chi connectivity index (χ4n) is 2.85. The summed E-state index contributed by atoms with van der Waals surface area (Å²) in [6.45, 7) is 9.14. The molecule has 1 aliphatic heterocycles. The Hall–Kier alpha value is -0.510. The fourth-order valence-corrected chi connectivity index (χ4v) is 3.51. The SMILES string of the molecule is CCC1(C)CCN(c2c(CBr)c(C)nn2C)CC1. The van der Waals surface area contributed by atoms with Gasteiger partial charge in [0, 0.05) is 31.0 Å². The maximum absolute atomic E-state index is 4.56. The zero-order chi connectivity index (χ0) is 13.3. The van der Waals surface area contributed by atoms with E-state index < -0.39 is 0 Å². The highest BCUT2D eigenvalue weighted by molar-refractivity contribution is 9.08.